The molecule has 220 valence electrons. The van der Waals surface area contributed by atoms with Crippen LogP contribution in [0.1, 0.15) is 79.8 Å². The Bertz CT molecular complexity index is 1440. The number of carbonyl (C=O) groups is 3. The highest BCUT2D eigenvalue weighted by Gasteiger charge is 2.59. The molecule has 2 fully saturated rings. The fourth-order valence-corrected chi connectivity index (χ4v) is 5.96. The molecule has 1 aliphatic carbocycles. The van der Waals surface area contributed by atoms with Gasteiger partial charge in [-0.05, 0) is 43.9 Å². The summed E-state index contributed by atoms with van der Waals surface area (Å²) in [5.74, 6) is -2.99. The Morgan fingerprint density at radius 1 is 1.20 bits per heavy atom. The number of nitrogens with one attached hydrogen (secondary N) is 2. The molecule has 0 spiro atoms. The average molecular weight is 576 g/mol. The van der Waals surface area contributed by atoms with Gasteiger partial charge in [0.2, 0.25) is 5.91 Å². The average Bonchev–Trinajstić information content (AvgIpc) is 3.59. The van der Waals surface area contributed by atoms with E-state index in [1.807, 2.05) is 6.92 Å². The molecular weight excluding hydrogens is 543 g/mol. The van der Waals surface area contributed by atoms with Gasteiger partial charge >= 0.3 is 12.1 Å². The fourth-order valence-electron chi connectivity index (χ4n) is 5.96. The highest BCUT2D eigenvalue weighted by atomic mass is 19.4. The lowest BCUT2D eigenvalue weighted by Crippen LogP contribution is -2.41. The van der Waals surface area contributed by atoms with Crippen LogP contribution in [0.25, 0.3) is 5.65 Å². The summed E-state index contributed by atoms with van der Waals surface area (Å²) < 4.78 is 42.9. The molecular formula is C27H32F3N7O4. The molecule has 1 saturated carbocycles. The number of aromatic nitrogens is 5. The van der Waals surface area contributed by atoms with Crippen LogP contribution in [0.4, 0.5) is 13.2 Å². The number of alkyl halides is 3. The molecule has 4 heterocycles. The van der Waals surface area contributed by atoms with Gasteiger partial charge < -0.3 is 15.7 Å². The fraction of sp³-hybridized carbons (Fsp3) is 0.556. The van der Waals surface area contributed by atoms with E-state index in [9.17, 15) is 32.7 Å². The van der Waals surface area contributed by atoms with Gasteiger partial charge in [0.1, 0.15) is 11.7 Å². The van der Waals surface area contributed by atoms with Gasteiger partial charge in [-0.2, -0.15) is 23.4 Å². The van der Waals surface area contributed by atoms with Crippen LogP contribution in [-0.2, 0) is 22.6 Å². The Kier molecular flexibility index (Phi) is 7.75. The number of carbonyl (C=O) groups excluding carboxylic acids is 2. The third-order valence-electron chi connectivity index (χ3n) is 8.20. The molecule has 2 amide bonds. The molecule has 11 nitrogen and oxygen atoms in total. The maximum atomic E-state index is 13.3. The van der Waals surface area contributed by atoms with Gasteiger partial charge in [-0.15, -0.1) is 0 Å². The Hall–Kier alpha value is -3.97. The minimum atomic E-state index is -4.77. The molecule has 2 aliphatic rings. The van der Waals surface area contributed by atoms with Crippen molar-refractivity contribution >= 4 is 23.4 Å². The van der Waals surface area contributed by atoms with E-state index >= 15 is 0 Å². The monoisotopic (exact) mass is 575 g/mol. The number of carboxylic acid groups (broad SMARTS) is 1. The zero-order chi connectivity index (χ0) is 29.4. The van der Waals surface area contributed by atoms with E-state index in [1.165, 1.54) is 10.6 Å². The van der Waals surface area contributed by atoms with Crippen molar-refractivity contribution in [2.24, 2.45) is 11.3 Å². The first-order valence-electron chi connectivity index (χ1n) is 13.8. The van der Waals surface area contributed by atoms with Gasteiger partial charge in [-0.1, -0.05) is 25.7 Å². The van der Waals surface area contributed by atoms with Gasteiger partial charge in [-0.3, -0.25) is 19.1 Å². The molecule has 1 saturated heterocycles. The van der Waals surface area contributed by atoms with Gasteiger partial charge in [0.25, 0.3) is 5.91 Å². The van der Waals surface area contributed by atoms with Crippen molar-refractivity contribution in [1.82, 2.24) is 35.0 Å². The summed E-state index contributed by atoms with van der Waals surface area (Å²) in [4.78, 5) is 42.6. The van der Waals surface area contributed by atoms with Crippen molar-refractivity contribution in [3.05, 3.63) is 47.7 Å². The van der Waals surface area contributed by atoms with Gasteiger partial charge in [0.15, 0.2) is 11.1 Å². The van der Waals surface area contributed by atoms with Crippen LogP contribution in [0, 0.1) is 11.3 Å². The number of amides is 2. The van der Waals surface area contributed by atoms with Gasteiger partial charge in [0.05, 0.1) is 23.6 Å². The highest BCUT2D eigenvalue weighted by molar-refractivity contribution is 6.04. The van der Waals surface area contributed by atoms with Gasteiger partial charge in [-0.25, -0.2) is 9.50 Å². The predicted octanol–water partition coefficient (Wildman–Crippen LogP) is 3.45. The van der Waals surface area contributed by atoms with Crippen molar-refractivity contribution < 1.29 is 32.7 Å². The van der Waals surface area contributed by atoms with E-state index < -0.39 is 48.4 Å². The molecule has 41 heavy (non-hydrogen) atoms. The quantitative estimate of drug-likeness (QED) is 0.276. The number of rotatable bonds is 8. The number of carboxylic acids is 1. The molecule has 3 atom stereocenters. The van der Waals surface area contributed by atoms with E-state index in [2.05, 4.69) is 15.5 Å². The molecule has 0 bridgehead atoms. The smallest absolute Gasteiger partial charge is 0.408 e. The van der Waals surface area contributed by atoms with Crippen LogP contribution in [0.5, 0.6) is 0 Å². The van der Waals surface area contributed by atoms with Crippen LogP contribution >= 0.6 is 0 Å². The molecule has 14 heteroatoms. The summed E-state index contributed by atoms with van der Waals surface area (Å²) in [6.07, 6.45) is 3.09. The first-order valence-corrected chi connectivity index (χ1v) is 13.8. The molecule has 3 aromatic heterocycles. The lowest BCUT2D eigenvalue weighted by Gasteiger charge is -2.26. The van der Waals surface area contributed by atoms with Crippen molar-refractivity contribution in [2.75, 3.05) is 0 Å². The summed E-state index contributed by atoms with van der Waals surface area (Å²) in [5.41, 5.74) is -0.751. The van der Waals surface area contributed by atoms with E-state index in [-0.39, 0.29) is 17.5 Å². The molecule has 0 aromatic carbocycles. The van der Waals surface area contributed by atoms with Crippen molar-refractivity contribution in [3.8, 4) is 0 Å². The predicted molar refractivity (Wildman–Crippen MR) is 139 cm³/mol. The van der Waals surface area contributed by atoms with E-state index in [0.717, 1.165) is 38.5 Å². The number of halogens is 3. The molecule has 3 aromatic rings. The maximum absolute atomic E-state index is 13.3. The van der Waals surface area contributed by atoms with Crippen LogP contribution < -0.4 is 10.6 Å². The Morgan fingerprint density at radius 2 is 1.93 bits per heavy atom. The largest absolute Gasteiger partial charge is 0.480 e. The zero-order valence-electron chi connectivity index (χ0n) is 22.5. The minimum Gasteiger partial charge on any atom is -0.480 e. The zero-order valence-corrected chi connectivity index (χ0v) is 22.5. The number of hydrogen-bond donors (Lipinski definition) is 3. The number of hydrogen-bond acceptors (Lipinski definition) is 6. The normalized spacial score (nSPS) is 22.8. The lowest BCUT2D eigenvalue weighted by atomic mass is 9.80. The number of fused-ring (bicyclic) bond motifs is 1. The van der Waals surface area contributed by atoms with E-state index in [1.54, 1.807) is 34.5 Å². The SMILES string of the molecule is CCn1nccc1C(=O)N[C@H](c1cn2nc(C[C@@]3(C(=O)O)C[C@@H](C(F)(F)F)NC3=O)ccc2n1)C1CCCCCC1. The first kappa shape index (κ1) is 28.6. The van der Waals surface area contributed by atoms with Crippen molar-refractivity contribution in [2.45, 2.75) is 83.1 Å². The topological polar surface area (TPSA) is 144 Å². The highest BCUT2D eigenvalue weighted by Crippen LogP contribution is 2.40. The Morgan fingerprint density at radius 3 is 2.56 bits per heavy atom. The maximum Gasteiger partial charge on any atom is 0.408 e. The third kappa shape index (κ3) is 5.64. The van der Waals surface area contributed by atoms with E-state index in [0.29, 0.717) is 23.6 Å². The summed E-state index contributed by atoms with van der Waals surface area (Å²) in [7, 11) is 0. The number of aliphatic carboxylic acids is 1. The standard InChI is InChI=1S/C27H32F3N7O4/c1-2-36-19(11-12-31-36)23(38)34-22(16-7-5-3-4-6-8-16)18-15-37-21(32-18)10-9-17(35-37)13-26(25(40)41)14-20(27(28,29)30)33-24(26)39/h9-12,15-16,20,22H,2-8,13-14H2,1H3,(H,33,39)(H,34,38)(H,40,41)/t20-,22-,26+/m0/s1. The number of nitrogens with zero attached hydrogens (tertiary/aromatic N) is 5. The molecule has 3 N–H and O–H groups in total. The molecule has 5 rings (SSSR count). The Labute approximate surface area is 233 Å². The van der Waals surface area contributed by atoms with Crippen LogP contribution in [0.2, 0.25) is 0 Å². The minimum absolute atomic E-state index is 0.126. The second kappa shape index (κ2) is 11.1. The van der Waals surface area contributed by atoms with Crippen molar-refractivity contribution in [3.63, 3.8) is 0 Å². The summed E-state index contributed by atoms with van der Waals surface area (Å²) >= 11 is 0. The molecule has 0 unspecified atom stereocenters. The Balaban J connectivity index is 1.45. The second-order valence-electron chi connectivity index (χ2n) is 10.9. The van der Waals surface area contributed by atoms with Gasteiger partial charge in [0, 0.05) is 25.6 Å². The molecule has 0 radical (unpaired) electrons. The lowest BCUT2D eigenvalue weighted by molar-refractivity contribution is -0.158. The number of aryl methyl sites for hydroxylation is 1. The van der Waals surface area contributed by atoms with Crippen LogP contribution in [0.15, 0.2) is 30.6 Å². The second-order valence-corrected chi connectivity index (χ2v) is 10.9. The van der Waals surface area contributed by atoms with E-state index in [4.69, 9.17) is 4.98 Å². The third-order valence-corrected chi connectivity index (χ3v) is 8.20. The summed E-state index contributed by atoms with van der Waals surface area (Å²) in [6, 6.07) is 2.02. The van der Waals surface area contributed by atoms with Crippen LogP contribution in [0.3, 0.4) is 0 Å². The first-order chi connectivity index (χ1) is 19.5. The van der Waals surface area contributed by atoms with Crippen LogP contribution in [-0.4, -0.2) is 59.5 Å². The summed E-state index contributed by atoms with van der Waals surface area (Å²) in [5, 5.41) is 23.3. The summed E-state index contributed by atoms with van der Waals surface area (Å²) in [6.45, 7) is 2.43. The van der Waals surface area contributed by atoms with Crippen molar-refractivity contribution in [1.29, 1.82) is 0 Å². The number of imidazole rings is 1. The molecule has 1 aliphatic heterocycles.